The number of carbonyl (C=O) groups is 1. The van der Waals surface area contributed by atoms with Crippen LogP contribution in [0.5, 0.6) is 0 Å². The highest BCUT2D eigenvalue weighted by Crippen LogP contribution is 2.29. The van der Waals surface area contributed by atoms with Crippen molar-refractivity contribution in [2.24, 2.45) is 0 Å². The van der Waals surface area contributed by atoms with E-state index in [1.165, 1.54) is 23.5 Å². The smallest absolute Gasteiger partial charge is 0.273 e. The third-order valence-corrected chi connectivity index (χ3v) is 5.15. The summed E-state index contributed by atoms with van der Waals surface area (Å²) < 4.78 is 13.3. The van der Waals surface area contributed by atoms with Crippen molar-refractivity contribution in [1.29, 1.82) is 0 Å². The highest BCUT2D eigenvalue weighted by atomic mass is 32.1. The largest absolute Gasteiger partial charge is 0.334 e. The van der Waals surface area contributed by atoms with E-state index in [2.05, 4.69) is 15.0 Å². The van der Waals surface area contributed by atoms with E-state index in [1.54, 1.807) is 30.0 Å². The Balaban J connectivity index is 1.48. The molecule has 0 unspecified atom stereocenters. The molecule has 1 aromatic carbocycles. The summed E-state index contributed by atoms with van der Waals surface area (Å²) >= 11 is 1.39. The minimum atomic E-state index is -0.250. The quantitative estimate of drug-likeness (QED) is 0.667. The standard InChI is InChI=1S/C19H17FN4OS/c20-14-3-1-2-13(10-14)6-9-24(15-4-5-15)19(25)17-12-26-18(23-17)16-11-21-7-8-22-16/h1-3,7-8,10-12,15H,4-6,9H2. The van der Waals surface area contributed by atoms with Crippen molar-refractivity contribution < 1.29 is 9.18 Å². The Kier molecular flexibility index (Phi) is 4.71. The third kappa shape index (κ3) is 3.77. The summed E-state index contributed by atoms with van der Waals surface area (Å²) in [5.41, 5.74) is 1.98. The van der Waals surface area contributed by atoms with E-state index >= 15 is 0 Å². The van der Waals surface area contributed by atoms with Gasteiger partial charge in [-0.25, -0.2) is 9.37 Å². The fraction of sp³-hybridized carbons (Fsp3) is 0.263. The molecule has 3 aromatic rings. The number of aromatic nitrogens is 3. The van der Waals surface area contributed by atoms with Crippen molar-refractivity contribution >= 4 is 17.2 Å². The van der Waals surface area contributed by atoms with Gasteiger partial charge in [-0.05, 0) is 37.0 Å². The van der Waals surface area contributed by atoms with Gasteiger partial charge < -0.3 is 4.90 Å². The molecule has 26 heavy (non-hydrogen) atoms. The Morgan fingerprint density at radius 1 is 1.31 bits per heavy atom. The molecule has 0 atom stereocenters. The van der Waals surface area contributed by atoms with Crippen LogP contribution in [-0.2, 0) is 6.42 Å². The second kappa shape index (κ2) is 7.29. The Morgan fingerprint density at radius 3 is 2.92 bits per heavy atom. The lowest BCUT2D eigenvalue weighted by Crippen LogP contribution is -2.35. The van der Waals surface area contributed by atoms with Crippen LogP contribution in [0.3, 0.4) is 0 Å². The Hall–Kier alpha value is -2.67. The first-order chi connectivity index (χ1) is 12.7. The van der Waals surface area contributed by atoms with Gasteiger partial charge in [0.05, 0.1) is 6.20 Å². The highest BCUT2D eigenvalue weighted by molar-refractivity contribution is 7.13. The van der Waals surface area contributed by atoms with Gasteiger partial charge in [0.1, 0.15) is 22.2 Å². The second-order valence-electron chi connectivity index (χ2n) is 6.24. The number of halogens is 1. The first-order valence-corrected chi connectivity index (χ1v) is 9.36. The van der Waals surface area contributed by atoms with Crippen molar-refractivity contribution in [2.75, 3.05) is 6.54 Å². The number of thiazole rings is 1. The van der Waals surface area contributed by atoms with Crippen LogP contribution in [0.25, 0.3) is 10.7 Å². The summed E-state index contributed by atoms with van der Waals surface area (Å²) in [6.07, 6.45) is 7.49. The molecule has 132 valence electrons. The van der Waals surface area contributed by atoms with Crippen molar-refractivity contribution in [1.82, 2.24) is 19.9 Å². The summed E-state index contributed by atoms with van der Waals surface area (Å²) in [4.78, 5) is 27.5. The molecule has 0 spiro atoms. The number of rotatable bonds is 6. The zero-order valence-corrected chi connectivity index (χ0v) is 14.8. The molecule has 2 heterocycles. The highest BCUT2D eigenvalue weighted by Gasteiger charge is 2.33. The molecule has 1 amide bonds. The summed E-state index contributed by atoms with van der Waals surface area (Å²) in [6.45, 7) is 0.560. The van der Waals surface area contributed by atoms with Crippen LogP contribution < -0.4 is 0 Å². The van der Waals surface area contributed by atoms with E-state index in [0.29, 0.717) is 29.4 Å². The molecule has 1 aliphatic carbocycles. The van der Waals surface area contributed by atoms with Gasteiger partial charge in [0.25, 0.3) is 5.91 Å². The van der Waals surface area contributed by atoms with Gasteiger partial charge >= 0.3 is 0 Å². The average Bonchev–Trinajstić information content (AvgIpc) is 3.37. The monoisotopic (exact) mass is 368 g/mol. The molecular formula is C19H17FN4OS. The van der Waals surface area contributed by atoms with Gasteiger partial charge in [0.2, 0.25) is 0 Å². The summed E-state index contributed by atoms with van der Waals surface area (Å²) in [5, 5.41) is 2.45. The number of benzene rings is 1. The molecule has 0 aliphatic heterocycles. The Bertz CT molecular complexity index is 911. The molecule has 0 radical (unpaired) electrons. The molecule has 1 fully saturated rings. The number of hydrogen-bond acceptors (Lipinski definition) is 5. The van der Waals surface area contributed by atoms with Crippen LogP contribution in [0.1, 0.15) is 28.9 Å². The second-order valence-corrected chi connectivity index (χ2v) is 7.10. The average molecular weight is 368 g/mol. The van der Waals surface area contributed by atoms with Gasteiger partial charge in [-0.15, -0.1) is 11.3 Å². The van der Waals surface area contributed by atoms with E-state index in [4.69, 9.17) is 0 Å². The lowest BCUT2D eigenvalue weighted by Gasteiger charge is -2.21. The predicted molar refractivity (Wildman–Crippen MR) is 97.3 cm³/mol. The summed E-state index contributed by atoms with van der Waals surface area (Å²) in [7, 11) is 0. The molecule has 2 aromatic heterocycles. The minimum Gasteiger partial charge on any atom is -0.334 e. The van der Waals surface area contributed by atoms with Crippen molar-refractivity contribution in [2.45, 2.75) is 25.3 Å². The lowest BCUT2D eigenvalue weighted by atomic mass is 10.1. The number of nitrogens with zero attached hydrogens (tertiary/aromatic N) is 4. The molecule has 7 heteroatoms. The van der Waals surface area contributed by atoms with Crippen LogP contribution in [0.4, 0.5) is 4.39 Å². The maximum Gasteiger partial charge on any atom is 0.273 e. The van der Waals surface area contributed by atoms with Crippen molar-refractivity contribution in [3.05, 3.63) is 65.3 Å². The van der Waals surface area contributed by atoms with Gasteiger partial charge in [-0.1, -0.05) is 12.1 Å². The van der Waals surface area contributed by atoms with Gasteiger partial charge in [-0.3, -0.25) is 14.8 Å². The molecule has 1 saturated carbocycles. The molecule has 5 nitrogen and oxygen atoms in total. The molecule has 0 N–H and O–H groups in total. The fourth-order valence-corrected chi connectivity index (χ4v) is 3.58. The lowest BCUT2D eigenvalue weighted by molar-refractivity contribution is 0.0740. The van der Waals surface area contributed by atoms with Crippen LogP contribution >= 0.6 is 11.3 Å². The Labute approximate surface area is 154 Å². The van der Waals surface area contributed by atoms with Gasteiger partial charge in [0, 0.05) is 30.4 Å². The predicted octanol–water partition coefficient (Wildman–Crippen LogP) is 3.59. The van der Waals surface area contributed by atoms with Crippen LogP contribution in [0.2, 0.25) is 0 Å². The SMILES string of the molecule is O=C(c1csc(-c2cnccn2)n1)N(CCc1cccc(F)c1)C1CC1. The summed E-state index contributed by atoms with van der Waals surface area (Å²) in [5.74, 6) is -0.324. The molecular weight excluding hydrogens is 351 g/mol. The first-order valence-electron chi connectivity index (χ1n) is 8.48. The van der Waals surface area contributed by atoms with E-state index in [-0.39, 0.29) is 17.8 Å². The molecule has 4 rings (SSSR count). The third-order valence-electron chi connectivity index (χ3n) is 4.28. The molecule has 0 bridgehead atoms. The topological polar surface area (TPSA) is 59.0 Å². The molecule has 1 aliphatic rings. The van der Waals surface area contributed by atoms with Crippen molar-refractivity contribution in [3.8, 4) is 10.7 Å². The van der Waals surface area contributed by atoms with E-state index < -0.39 is 0 Å². The zero-order chi connectivity index (χ0) is 17.9. The first kappa shape index (κ1) is 16.8. The maximum atomic E-state index is 13.3. The zero-order valence-electron chi connectivity index (χ0n) is 14.0. The fourth-order valence-electron chi connectivity index (χ4n) is 2.82. The normalized spacial score (nSPS) is 13.6. The number of hydrogen-bond donors (Lipinski definition) is 0. The van der Waals surface area contributed by atoms with E-state index in [0.717, 1.165) is 18.4 Å². The minimum absolute atomic E-state index is 0.0738. The van der Waals surface area contributed by atoms with Crippen LogP contribution in [-0.4, -0.2) is 38.3 Å². The van der Waals surface area contributed by atoms with E-state index in [1.807, 2.05) is 11.0 Å². The van der Waals surface area contributed by atoms with Crippen LogP contribution in [0, 0.1) is 5.82 Å². The number of carbonyl (C=O) groups excluding carboxylic acids is 1. The van der Waals surface area contributed by atoms with Gasteiger partial charge in [-0.2, -0.15) is 0 Å². The summed E-state index contributed by atoms with van der Waals surface area (Å²) in [6, 6.07) is 6.79. The van der Waals surface area contributed by atoms with Crippen molar-refractivity contribution in [3.63, 3.8) is 0 Å². The molecule has 0 saturated heterocycles. The Morgan fingerprint density at radius 2 is 2.19 bits per heavy atom. The van der Waals surface area contributed by atoms with Crippen LogP contribution in [0.15, 0.2) is 48.2 Å². The van der Waals surface area contributed by atoms with E-state index in [9.17, 15) is 9.18 Å². The number of amides is 1. The maximum absolute atomic E-state index is 13.3. The van der Waals surface area contributed by atoms with Gasteiger partial charge in [0.15, 0.2) is 0 Å².